The van der Waals surface area contributed by atoms with Crippen LogP contribution in [0.3, 0.4) is 0 Å². The van der Waals surface area contributed by atoms with E-state index < -0.39 is 0 Å². The Morgan fingerprint density at radius 2 is 0.804 bits per heavy atom. The van der Waals surface area contributed by atoms with E-state index in [4.69, 9.17) is 8.83 Å². The predicted molar refractivity (Wildman–Crippen MR) is 212 cm³/mol. The van der Waals surface area contributed by atoms with Crippen molar-refractivity contribution in [2.24, 2.45) is 0 Å². The van der Waals surface area contributed by atoms with E-state index >= 15 is 0 Å². The molecule has 3 heteroatoms. The first-order valence-corrected chi connectivity index (χ1v) is 17.3. The highest BCUT2D eigenvalue weighted by Gasteiger charge is 2.20. The fourth-order valence-corrected chi connectivity index (χ4v) is 8.12. The fraction of sp³-hybridized carbons (Fsp3) is 0. The zero-order valence-corrected chi connectivity index (χ0v) is 27.5. The first-order chi connectivity index (χ1) is 25.3. The number of furan rings is 2. The van der Waals surface area contributed by atoms with Gasteiger partial charge in [0.1, 0.15) is 22.3 Å². The molecule has 0 unspecified atom stereocenters. The Labute approximate surface area is 293 Å². The molecule has 0 saturated carbocycles. The minimum Gasteiger partial charge on any atom is -0.456 e. The minimum absolute atomic E-state index is 0.894. The Balaban J connectivity index is 1.20. The highest BCUT2D eigenvalue weighted by molar-refractivity contribution is 6.13. The normalized spacial score (nSPS) is 11.9. The van der Waals surface area contributed by atoms with E-state index in [1.807, 2.05) is 24.3 Å². The molecule has 3 nitrogen and oxygen atoms in total. The quantitative estimate of drug-likeness (QED) is 0.190. The molecule has 8 aromatic carbocycles. The lowest BCUT2D eigenvalue weighted by molar-refractivity contribution is 0.668. The van der Waals surface area contributed by atoms with Gasteiger partial charge in [0, 0.05) is 38.0 Å². The highest BCUT2D eigenvalue weighted by atomic mass is 16.3. The van der Waals surface area contributed by atoms with Crippen LogP contribution in [-0.4, -0.2) is 4.57 Å². The second kappa shape index (κ2) is 10.8. The van der Waals surface area contributed by atoms with Gasteiger partial charge in [0.05, 0.1) is 11.0 Å². The van der Waals surface area contributed by atoms with Crippen molar-refractivity contribution in [3.05, 3.63) is 176 Å². The van der Waals surface area contributed by atoms with E-state index in [0.29, 0.717) is 0 Å². The lowest BCUT2D eigenvalue weighted by atomic mass is 9.86. The second-order valence-electron chi connectivity index (χ2n) is 13.3. The third kappa shape index (κ3) is 4.25. The van der Waals surface area contributed by atoms with E-state index in [1.165, 1.54) is 44.1 Å². The molecule has 0 saturated heterocycles. The van der Waals surface area contributed by atoms with Crippen molar-refractivity contribution in [1.29, 1.82) is 0 Å². The fourth-order valence-electron chi connectivity index (χ4n) is 8.12. The maximum atomic E-state index is 6.24. The molecule has 0 spiro atoms. The number of nitrogens with zero attached hydrogens (tertiary/aromatic N) is 1. The Morgan fingerprint density at radius 1 is 0.314 bits per heavy atom. The summed E-state index contributed by atoms with van der Waals surface area (Å²) in [4.78, 5) is 0. The summed E-state index contributed by atoms with van der Waals surface area (Å²) in [6.45, 7) is 0. The van der Waals surface area contributed by atoms with Crippen molar-refractivity contribution in [2.75, 3.05) is 0 Å². The number of benzene rings is 8. The zero-order valence-electron chi connectivity index (χ0n) is 27.5. The first kappa shape index (κ1) is 28.0. The van der Waals surface area contributed by atoms with Crippen LogP contribution in [0.2, 0.25) is 0 Å². The number of aromatic nitrogens is 1. The lowest BCUT2D eigenvalue weighted by Gasteiger charge is -2.17. The number of rotatable bonds is 4. The Morgan fingerprint density at radius 3 is 1.45 bits per heavy atom. The van der Waals surface area contributed by atoms with Crippen LogP contribution in [0, 0.1) is 0 Å². The first-order valence-electron chi connectivity index (χ1n) is 17.3. The molecular weight excluding hydrogens is 623 g/mol. The summed E-state index contributed by atoms with van der Waals surface area (Å²) in [5.41, 5.74) is 14.1. The molecule has 0 amide bonds. The zero-order chi connectivity index (χ0) is 33.5. The topological polar surface area (TPSA) is 31.2 Å². The molecule has 0 aliphatic rings. The molecule has 0 atom stereocenters. The molecule has 0 aliphatic heterocycles. The summed E-state index contributed by atoms with van der Waals surface area (Å²) >= 11 is 0. The second-order valence-corrected chi connectivity index (χ2v) is 13.3. The van der Waals surface area contributed by atoms with E-state index in [1.54, 1.807) is 0 Å². The van der Waals surface area contributed by atoms with Gasteiger partial charge in [-0.05, 0) is 100 Å². The standard InChI is InChI=1S/C48H29NO2/c1-2-11-33(12-3-1)49-42-18-7-4-13-36(42)39-29-32(21-24-43(39)49)48-34(30-22-25-46-40(27-30)37-14-5-8-19-44(37)50-46)16-10-17-35(48)31-23-26-47-41(28-31)38-15-6-9-20-45(38)51-47/h1-29H. The summed E-state index contributed by atoms with van der Waals surface area (Å²) in [6.07, 6.45) is 0. The molecule has 51 heavy (non-hydrogen) atoms. The van der Waals surface area contributed by atoms with E-state index in [2.05, 4.69) is 156 Å². The summed E-state index contributed by atoms with van der Waals surface area (Å²) < 4.78 is 14.8. The Bertz CT molecular complexity index is 3010. The number of hydrogen-bond acceptors (Lipinski definition) is 2. The van der Waals surface area contributed by atoms with Crippen LogP contribution in [0.25, 0.3) is 105 Å². The largest absolute Gasteiger partial charge is 0.456 e. The van der Waals surface area contributed by atoms with Crippen molar-refractivity contribution in [3.63, 3.8) is 0 Å². The minimum atomic E-state index is 0.894. The van der Waals surface area contributed by atoms with Gasteiger partial charge in [0.15, 0.2) is 0 Å². The van der Waals surface area contributed by atoms with Crippen LogP contribution >= 0.6 is 0 Å². The molecule has 0 fully saturated rings. The average Bonchev–Trinajstić information content (AvgIpc) is 3.86. The summed E-state index contributed by atoms with van der Waals surface area (Å²) in [5.74, 6) is 0. The van der Waals surface area contributed by atoms with Gasteiger partial charge >= 0.3 is 0 Å². The van der Waals surface area contributed by atoms with E-state index in [0.717, 1.165) is 60.7 Å². The van der Waals surface area contributed by atoms with Crippen LogP contribution in [0.5, 0.6) is 0 Å². The predicted octanol–water partition coefficient (Wildman–Crippen LogP) is 13.6. The van der Waals surface area contributed by atoms with E-state index in [9.17, 15) is 0 Å². The van der Waals surface area contributed by atoms with Crippen molar-refractivity contribution in [1.82, 2.24) is 4.57 Å². The van der Waals surface area contributed by atoms with Crippen LogP contribution in [0.4, 0.5) is 0 Å². The van der Waals surface area contributed by atoms with Crippen LogP contribution in [0.15, 0.2) is 185 Å². The molecule has 11 rings (SSSR count). The van der Waals surface area contributed by atoms with Gasteiger partial charge in [-0.3, -0.25) is 0 Å². The van der Waals surface area contributed by atoms with Crippen molar-refractivity contribution < 1.29 is 8.83 Å². The van der Waals surface area contributed by atoms with Crippen LogP contribution in [0.1, 0.15) is 0 Å². The summed E-state index contributed by atoms with van der Waals surface area (Å²) in [5, 5.41) is 6.94. The van der Waals surface area contributed by atoms with Gasteiger partial charge in [-0.15, -0.1) is 0 Å². The third-order valence-corrected chi connectivity index (χ3v) is 10.4. The maximum absolute atomic E-state index is 6.24. The monoisotopic (exact) mass is 651 g/mol. The summed E-state index contributed by atoms with van der Waals surface area (Å²) in [7, 11) is 0. The number of para-hydroxylation sites is 4. The maximum Gasteiger partial charge on any atom is 0.135 e. The van der Waals surface area contributed by atoms with Crippen molar-refractivity contribution >= 4 is 65.7 Å². The van der Waals surface area contributed by atoms with Crippen molar-refractivity contribution in [2.45, 2.75) is 0 Å². The Kier molecular flexibility index (Phi) is 5.96. The molecule has 0 bridgehead atoms. The van der Waals surface area contributed by atoms with Gasteiger partial charge in [-0.1, -0.05) is 109 Å². The molecular formula is C48H29NO2. The van der Waals surface area contributed by atoms with Crippen molar-refractivity contribution in [3.8, 4) is 39.1 Å². The molecule has 3 heterocycles. The van der Waals surface area contributed by atoms with Gasteiger partial charge in [0.2, 0.25) is 0 Å². The molecule has 238 valence electrons. The van der Waals surface area contributed by atoms with Gasteiger partial charge < -0.3 is 13.4 Å². The number of fused-ring (bicyclic) bond motifs is 9. The third-order valence-electron chi connectivity index (χ3n) is 10.4. The van der Waals surface area contributed by atoms with E-state index in [-0.39, 0.29) is 0 Å². The van der Waals surface area contributed by atoms with Crippen LogP contribution in [-0.2, 0) is 0 Å². The van der Waals surface area contributed by atoms with Gasteiger partial charge in [-0.2, -0.15) is 0 Å². The highest BCUT2D eigenvalue weighted by Crippen LogP contribution is 2.45. The average molecular weight is 652 g/mol. The smallest absolute Gasteiger partial charge is 0.135 e. The summed E-state index contributed by atoms with van der Waals surface area (Å²) in [6, 6.07) is 62.8. The molecule has 0 aliphatic carbocycles. The Hall–Kier alpha value is -6.84. The molecule has 0 N–H and O–H groups in total. The van der Waals surface area contributed by atoms with Gasteiger partial charge in [-0.25, -0.2) is 0 Å². The van der Waals surface area contributed by atoms with Gasteiger partial charge in [0.25, 0.3) is 0 Å². The SMILES string of the molecule is c1ccc(-n2c3ccccc3c3cc(-c4c(-c5ccc6oc7ccccc7c6c5)cccc4-c4ccc5oc6ccccc6c5c4)ccc32)cc1. The molecule has 3 aromatic heterocycles. The lowest BCUT2D eigenvalue weighted by Crippen LogP contribution is -1.93. The molecule has 0 radical (unpaired) electrons. The number of hydrogen-bond donors (Lipinski definition) is 0. The molecule has 11 aromatic rings. The van der Waals surface area contributed by atoms with Crippen LogP contribution < -0.4 is 0 Å².